The fourth-order valence-corrected chi connectivity index (χ4v) is 3.12. The van der Waals surface area contributed by atoms with Crippen LogP contribution in [0, 0.1) is 0 Å². The van der Waals surface area contributed by atoms with Crippen LogP contribution in [0.1, 0.15) is 11.1 Å². The molecule has 0 aliphatic carbocycles. The number of morpholine rings is 1. The van der Waals surface area contributed by atoms with E-state index < -0.39 is 0 Å². The normalized spacial score (nSPS) is 23.7. The van der Waals surface area contributed by atoms with E-state index in [9.17, 15) is 0 Å². The largest absolute Gasteiger partial charge is 0.370 e. The smallest absolute Gasteiger partial charge is 0.229 e. The Morgan fingerprint density at radius 2 is 1.79 bits per heavy atom. The highest BCUT2D eigenvalue weighted by Crippen LogP contribution is 2.24. The Labute approximate surface area is 141 Å². The summed E-state index contributed by atoms with van der Waals surface area (Å²) in [5.74, 6) is 0.860. The summed E-state index contributed by atoms with van der Waals surface area (Å²) in [6, 6.07) is 20.5. The van der Waals surface area contributed by atoms with Gasteiger partial charge in [0.1, 0.15) is 6.10 Å². The van der Waals surface area contributed by atoms with Crippen molar-refractivity contribution in [2.45, 2.75) is 18.9 Å². The molecular weight excluding hydrogens is 302 g/mol. The third kappa shape index (κ3) is 3.13. The molecule has 1 N–H and O–H groups in total. The molecule has 2 unspecified atom stereocenters. The van der Waals surface area contributed by atoms with Gasteiger partial charge in [0.05, 0.1) is 6.61 Å². The van der Waals surface area contributed by atoms with E-state index in [4.69, 9.17) is 9.57 Å². The molecule has 124 valence electrons. The van der Waals surface area contributed by atoms with E-state index in [1.54, 1.807) is 0 Å². The van der Waals surface area contributed by atoms with Gasteiger partial charge in [-0.15, -0.1) is 0 Å². The zero-order valence-corrected chi connectivity index (χ0v) is 13.5. The highest BCUT2D eigenvalue weighted by atomic mass is 16.7. The molecule has 2 aromatic rings. The van der Waals surface area contributed by atoms with Crippen molar-refractivity contribution in [2.75, 3.05) is 19.7 Å². The maximum absolute atomic E-state index is 5.91. The van der Waals surface area contributed by atoms with Gasteiger partial charge in [-0.1, -0.05) is 65.8 Å². The van der Waals surface area contributed by atoms with Crippen LogP contribution in [0.5, 0.6) is 0 Å². The Hall–Kier alpha value is -2.37. The Morgan fingerprint density at radius 1 is 1.04 bits per heavy atom. The van der Waals surface area contributed by atoms with Crippen LogP contribution in [0.25, 0.3) is 0 Å². The predicted octanol–water partition coefficient (Wildman–Crippen LogP) is 2.20. The van der Waals surface area contributed by atoms with E-state index in [-0.39, 0.29) is 12.3 Å². The van der Waals surface area contributed by atoms with Crippen molar-refractivity contribution in [2.24, 2.45) is 5.16 Å². The minimum Gasteiger partial charge on any atom is -0.370 e. The number of nitrogens with one attached hydrogen (secondary N) is 1. The molecule has 2 atom stereocenters. The van der Waals surface area contributed by atoms with Gasteiger partial charge in [0.15, 0.2) is 5.84 Å². The van der Waals surface area contributed by atoms with Crippen LogP contribution in [0.3, 0.4) is 0 Å². The summed E-state index contributed by atoms with van der Waals surface area (Å²) in [6.45, 7) is 3.09. The zero-order valence-electron chi connectivity index (χ0n) is 13.5. The molecule has 0 radical (unpaired) electrons. The van der Waals surface area contributed by atoms with Gasteiger partial charge in [0, 0.05) is 25.2 Å². The second-order valence-corrected chi connectivity index (χ2v) is 6.00. The van der Waals surface area contributed by atoms with Crippen molar-refractivity contribution in [3.8, 4) is 0 Å². The SMILES string of the molecule is c1ccc(CN2C(c3ccccc3)=NOC2C2CNCCO2)cc1. The highest BCUT2D eigenvalue weighted by Gasteiger charge is 2.38. The van der Waals surface area contributed by atoms with E-state index in [0.717, 1.165) is 31.0 Å². The second kappa shape index (κ2) is 7.03. The summed E-state index contributed by atoms with van der Waals surface area (Å²) in [6.07, 6.45) is -0.249. The lowest BCUT2D eigenvalue weighted by molar-refractivity contribution is -0.116. The number of amidine groups is 1. The van der Waals surface area contributed by atoms with Crippen molar-refractivity contribution in [3.05, 3.63) is 71.8 Å². The molecule has 0 aromatic heterocycles. The summed E-state index contributed by atoms with van der Waals surface area (Å²) >= 11 is 0. The third-order valence-electron chi connectivity index (χ3n) is 4.33. The third-order valence-corrected chi connectivity index (χ3v) is 4.33. The summed E-state index contributed by atoms with van der Waals surface area (Å²) in [5, 5.41) is 7.74. The average molecular weight is 323 g/mol. The number of nitrogens with zero attached hydrogens (tertiary/aromatic N) is 2. The first kappa shape index (κ1) is 15.2. The van der Waals surface area contributed by atoms with E-state index in [2.05, 4.69) is 51.8 Å². The molecule has 5 heteroatoms. The quantitative estimate of drug-likeness (QED) is 0.937. The fourth-order valence-electron chi connectivity index (χ4n) is 3.12. The first-order chi connectivity index (χ1) is 11.9. The number of hydrogen-bond acceptors (Lipinski definition) is 5. The number of benzene rings is 2. The minimum absolute atomic E-state index is 0.0348. The van der Waals surface area contributed by atoms with Crippen molar-refractivity contribution in [1.82, 2.24) is 10.2 Å². The molecule has 0 spiro atoms. The van der Waals surface area contributed by atoms with Crippen molar-refractivity contribution in [3.63, 3.8) is 0 Å². The lowest BCUT2D eigenvalue weighted by Crippen LogP contribution is -2.52. The van der Waals surface area contributed by atoms with Gasteiger partial charge < -0.3 is 19.8 Å². The molecular formula is C19H21N3O2. The Balaban J connectivity index is 1.61. The maximum atomic E-state index is 5.91. The molecule has 2 aliphatic rings. The molecule has 2 aliphatic heterocycles. The van der Waals surface area contributed by atoms with Crippen LogP contribution in [0.15, 0.2) is 65.8 Å². The summed E-state index contributed by atoms with van der Waals surface area (Å²) < 4.78 is 5.91. The number of rotatable bonds is 4. The van der Waals surface area contributed by atoms with Crippen LogP contribution >= 0.6 is 0 Å². The summed E-state index contributed by atoms with van der Waals surface area (Å²) in [5.41, 5.74) is 2.28. The monoisotopic (exact) mass is 323 g/mol. The predicted molar refractivity (Wildman–Crippen MR) is 92.4 cm³/mol. The fraction of sp³-hybridized carbons (Fsp3) is 0.316. The van der Waals surface area contributed by atoms with Crippen molar-refractivity contribution >= 4 is 5.84 Å². The van der Waals surface area contributed by atoms with Crippen LogP contribution < -0.4 is 5.32 Å². The van der Waals surface area contributed by atoms with Gasteiger partial charge in [0.2, 0.25) is 6.23 Å². The lowest BCUT2D eigenvalue weighted by atomic mass is 10.1. The molecule has 2 heterocycles. The Bertz CT molecular complexity index is 684. The topological polar surface area (TPSA) is 46.1 Å². The van der Waals surface area contributed by atoms with Gasteiger partial charge >= 0.3 is 0 Å². The van der Waals surface area contributed by atoms with Crippen molar-refractivity contribution < 1.29 is 9.57 Å². The summed E-state index contributed by atoms with van der Waals surface area (Å²) in [4.78, 5) is 7.99. The van der Waals surface area contributed by atoms with Crippen LogP contribution in [0.2, 0.25) is 0 Å². The average Bonchev–Trinajstić information content (AvgIpc) is 3.07. The molecule has 2 aromatic carbocycles. The number of ether oxygens (including phenoxy) is 1. The standard InChI is InChI=1S/C19H21N3O2/c1-3-7-15(8-4-1)14-22-18(16-9-5-2-6-10-16)21-24-19(22)17-13-20-11-12-23-17/h1-10,17,19-20H,11-14H2. The van der Waals surface area contributed by atoms with E-state index in [1.807, 2.05) is 24.3 Å². The van der Waals surface area contributed by atoms with Gasteiger partial charge in [-0.25, -0.2) is 0 Å². The van der Waals surface area contributed by atoms with Gasteiger partial charge in [-0.05, 0) is 5.56 Å². The van der Waals surface area contributed by atoms with Gasteiger partial charge in [0.25, 0.3) is 0 Å². The molecule has 4 rings (SSSR count). The van der Waals surface area contributed by atoms with Crippen LogP contribution in [-0.4, -0.2) is 42.8 Å². The van der Waals surface area contributed by atoms with Gasteiger partial charge in [-0.2, -0.15) is 0 Å². The Kier molecular flexibility index (Phi) is 4.44. The molecule has 1 fully saturated rings. The minimum atomic E-state index is -0.215. The lowest BCUT2D eigenvalue weighted by Gasteiger charge is -2.33. The van der Waals surface area contributed by atoms with Crippen LogP contribution in [0.4, 0.5) is 0 Å². The number of hydrogen-bond donors (Lipinski definition) is 1. The first-order valence-corrected chi connectivity index (χ1v) is 8.34. The van der Waals surface area contributed by atoms with Gasteiger partial charge in [-0.3, -0.25) is 0 Å². The van der Waals surface area contributed by atoms with Crippen LogP contribution in [-0.2, 0) is 16.1 Å². The first-order valence-electron chi connectivity index (χ1n) is 8.34. The summed E-state index contributed by atoms with van der Waals surface area (Å²) in [7, 11) is 0. The Morgan fingerprint density at radius 3 is 2.50 bits per heavy atom. The van der Waals surface area contributed by atoms with Crippen molar-refractivity contribution in [1.29, 1.82) is 0 Å². The molecule has 1 saturated heterocycles. The molecule has 0 amide bonds. The molecule has 5 nitrogen and oxygen atoms in total. The maximum Gasteiger partial charge on any atom is 0.229 e. The second-order valence-electron chi connectivity index (χ2n) is 6.00. The molecule has 24 heavy (non-hydrogen) atoms. The number of oxime groups is 1. The van der Waals surface area contributed by atoms with E-state index >= 15 is 0 Å². The highest BCUT2D eigenvalue weighted by molar-refractivity contribution is 5.99. The molecule has 0 bridgehead atoms. The van der Waals surface area contributed by atoms with E-state index in [1.165, 1.54) is 5.56 Å². The molecule has 0 saturated carbocycles. The zero-order chi connectivity index (χ0) is 16.2. The van der Waals surface area contributed by atoms with E-state index in [0.29, 0.717) is 6.61 Å².